The van der Waals surface area contributed by atoms with Crippen molar-refractivity contribution in [2.75, 3.05) is 13.2 Å². The van der Waals surface area contributed by atoms with E-state index in [0.717, 1.165) is 11.1 Å². The predicted octanol–water partition coefficient (Wildman–Crippen LogP) is 5.04. The van der Waals surface area contributed by atoms with Crippen molar-refractivity contribution in [3.05, 3.63) is 84.8 Å². The van der Waals surface area contributed by atoms with Gasteiger partial charge in [0.05, 0.1) is 38.4 Å². The molecule has 2 aromatic carbocycles. The van der Waals surface area contributed by atoms with Crippen LogP contribution in [0.15, 0.2) is 81.9 Å². The van der Waals surface area contributed by atoms with Crippen LogP contribution in [-0.4, -0.2) is 35.1 Å². The predicted molar refractivity (Wildman–Crippen MR) is 127 cm³/mol. The highest BCUT2D eigenvalue weighted by atomic mass is 16.5. The van der Waals surface area contributed by atoms with Crippen LogP contribution in [0.3, 0.4) is 0 Å². The van der Waals surface area contributed by atoms with Gasteiger partial charge in [-0.3, -0.25) is 9.59 Å². The van der Waals surface area contributed by atoms with E-state index in [1.807, 2.05) is 60.7 Å². The lowest BCUT2D eigenvalue weighted by Crippen LogP contribution is -2.11. The Balaban J connectivity index is 1.06. The molecule has 2 aromatic heterocycles. The molecule has 0 fully saturated rings. The highest BCUT2D eigenvalue weighted by Gasteiger charge is 2.11. The number of aryl methyl sites for hydroxylation is 2. The third-order valence-corrected chi connectivity index (χ3v) is 5.12. The zero-order valence-electron chi connectivity index (χ0n) is 19.2. The molecule has 180 valence electrons. The van der Waals surface area contributed by atoms with Crippen molar-refractivity contribution in [2.45, 2.75) is 32.1 Å². The van der Waals surface area contributed by atoms with Crippen molar-refractivity contribution in [1.82, 2.24) is 9.97 Å². The molecule has 0 aliphatic heterocycles. The lowest BCUT2D eigenvalue weighted by Gasteiger charge is -2.05. The van der Waals surface area contributed by atoms with Crippen LogP contribution >= 0.6 is 0 Å². The van der Waals surface area contributed by atoms with E-state index in [2.05, 4.69) is 9.97 Å². The van der Waals surface area contributed by atoms with Gasteiger partial charge < -0.3 is 18.3 Å². The Labute approximate surface area is 202 Å². The molecule has 0 amide bonds. The fourth-order valence-corrected chi connectivity index (χ4v) is 3.32. The van der Waals surface area contributed by atoms with Crippen molar-refractivity contribution in [3.8, 4) is 22.6 Å². The number of hydrogen-bond donors (Lipinski definition) is 0. The maximum Gasteiger partial charge on any atom is 0.306 e. The SMILES string of the molecule is O=C(CCc1ncc(-c2ccccc2)o1)OCCCOC(=O)CCc1ncc(-c2ccccc2)o1. The summed E-state index contributed by atoms with van der Waals surface area (Å²) in [6.45, 7) is 0.347. The maximum atomic E-state index is 11.9. The molecule has 0 spiro atoms. The summed E-state index contributed by atoms with van der Waals surface area (Å²) in [7, 11) is 0. The lowest BCUT2D eigenvalue weighted by atomic mass is 10.2. The minimum atomic E-state index is -0.353. The van der Waals surface area contributed by atoms with Crippen molar-refractivity contribution < 1.29 is 27.9 Å². The normalized spacial score (nSPS) is 10.7. The van der Waals surface area contributed by atoms with Crippen molar-refractivity contribution >= 4 is 11.9 Å². The standard InChI is InChI=1S/C27H26N2O6/c30-26(14-12-24-28-18-22(34-24)20-8-3-1-4-9-20)32-16-7-17-33-27(31)15-13-25-29-19-23(35-25)21-10-5-2-6-11-21/h1-6,8-11,18-19H,7,12-17H2. The molecule has 0 saturated heterocycles. The van der Waals surface area contributed by atoms with Crippen LogP contribution in [0.4, 0.5) is 0 Å². The number of benzene rings is 2. The van der Waals surface area contributed by atoms with E-state index >= 15 is 0 Å². The third kappa shape index (κ3) is 7.40. The minimum absolute atomic E-state index is 0.162. The number of carbonyl (C=O) groups excluding carboxylic acids is 2. The third-order valence-electron chi connectivity index (χ3n) is 5.12. The molecule has 0 bridgehead atoms. The Hall–Kier alpha value is -4.20. The number of hydrogen-bond acceptors (Lipinski definition) is 8. The summed E-state index contributed by atoms with van der Waals surface area (Å²) in [6.07, 6.45) is 4.75. The summed E-state index contributed by atoms with van der Waals surface area (Å²) in [5.41, 5.74) is 1.86. The van der Waals surface area contributed by atoms with Gasteiger partial charge in [0.1, 0.15) is 0 Å². The monoisotopic (exact) mass is 474 g/mol. The summed E-state index contributed by atoms with van der Waals surface area (Å²) in [5.74, 6) is 1.58. The van der Waals surface area contributed by atoms with Crippen LogP contribution in [-0.2, 0) is 31.9 Å². The van der Waals surface area contributed by atoms with Gasteiger partial charge in [-0.1, -0.05) is 60.7 Å². The van der Waals surface area contributed by atoms with E-state index in [9.17, 15) is 9.59 Å². The Kier molecular flexibility index (Phi) is 8.42. The van der Waals surface area contributed by atoms with E-state index in [1.165, 1.54) is 0 Å². The van der Waals surface area contributed by atoms with E-state index in [0.29, 0.717) is 42.6 Å². The number of nitrogens with zero attached hydrogens (tertiary/aromatic N) is 2. The first-order valence-corrected chi connectivity index (χ1v) is 11.5. The van der Waals surface area contributed by atoms with Crippen LogP contribution in [0.2, 0.25) is 0 Å². The molecule has 0 radical (unpaired) electrons. The molecule has 0 saturated carbocycles. The van der Waals surface area contributed by atoms with Crippen LogP contribution < -0.4 is 0 Å². The lowest BCUT2D eigenvalue weighted by molar-refractivity contribution is -0.146. The largest absolute Gasteiger partial charge is 0.466 e. The molecule has 0 N–H and O–H groups in total. The average Bonchev–Trinajstić information content (AvgIpc) is 3.57. The first-order chi connectivity index (χ1) is 17.2. The Morgan fingerprint density at radius 3 is 1.51 bits per heavy atom. The Bertz CT molecular complexity index is 1120. The van der Waals surface area contributed by atoms with E-state index < -0.39 is 0 Å². The highest BCUT2D eigenvalue weighted by molar-refractivity contribution is 5.70. The molecule has 4 aromatic rings. The number of oxazole rings is 2. The number of ether oxygens (including phenoxy) is 2. The summed E-state index contributed by atoms with van der Waals surface area (Å²) in [6, 6.07) is 19.3. The smallest absolute Gasteiger partial charge is 0.306 e. The molecule has 8 heteroatoms. The summed E-state index contributed by atoms with van der Waals surface area (Å²) in [5, 5.41) is 0. The first-order valence-electron chi connectivity index (χ1n) is 11.5. The number of esters is 2. The zero-order chi connectivity index (χ0) is 24.3. The number of rotatable bonds is 12. The van der Waals surface area contributed by atoms with Crippen LogP contribution in [0.1, 0.15) is 31.0 Å². The molecule has 0 aliphatic carbocycles. The van der Waals surface area contributed by atoms with Crippen molar-refractivity contribution in [3.63, 3.8) is 0 Å². The molecule has 0 aliphatic rings. The molecule has 35 heavy (non-hydrogen) atoms. The van der Waals surface area contributed by atoms with E-state index in [1.54, 1.807) is 12.4 Å². The van der Waals surface area contributed by atoms with Gasteiger partial charge >= 0.3 is 11.9 Å². The van der Waals surface area contributed by atoms with Gasteiger partial charge in [-0.25, -0.2) is 9.97 Å². The summed E-state index contributed by atoms with van der Waals surface area (Å²) < 4.78 is 21.7. The first kappa shape index (κ1) is 23.9. The fraction of sp³-hybridized carbons (Fsp3) is 0.259. The van der Waals surface area contributed by atoms with Crippen molar-refractivity contribution in [2.24, 2.45) is 0 Å². The van der Waals surface area contributed by atoms with E-state index in [-0.39, 0.29) is 38.0 Å². The van der Waals surface area contributed by atoms with Gasteiger partial charge in [-0.15, -0.1) is 0 Å². The second-order valence-corrected chi connectivity index (χ2v) is 7.76. The van der Waals surface area contributed by atoms with Gasteiger partial charge in [0.2, 0.25) is 0 Å². The number of aromatic nitrogens is 2. The summed E-state index contributed by atoms with van der Waals surface area (Å²) >= 11 is 0. The van der Waals surface area contributed by atoms with Gasteiger partial charge in [0.15, 0.2) is 23.3 Å². The zero-order valence-corrected chi connectivity index (χ0v) is 19.2. The van der Waals surface area contributed by atoms with Crippen LogP contribution in [0.25, 0.3) is 22.6 Å². The van der Waals surface area contributed by atoms with Gasteiger partial charge in [-0.2, -0.15) is 0 Å². The maximum absolute atomic E-state index is 11.9. The second-order valence-electron chi connectivity index (χ2n) is 7.76. The topological polar surface area (TPSA) is 105 Å². The molecular formula is C27H26N2O6. The number of carbonyl (C=O) groups is 2. The molecule has 2 heterocycles. The molecule has 0 atom stereocenters. The van der Waals surface area contributed by atoms with Gasteiger partial charge in [0.25, 0.3) is 0 Å². The van der Waals surface area contributed by atoms with Gasteiger partial charge in [0, 0.05) is 30.4 Å². The molecule has 4 rings (SSSR count). The van der Waals surface area contributed by atoms with Crippen LogP contribution in [0, 0.1) is 0 Å². The van der Waals surface area contributed by atoms with E-state index in [4.69, 9.17) is 18.3 Å². The fourth-order valence-electron chi connectivity index (χ4n) is 3.32. The van der Waals surface area contributed by atoms with Crippen molar-refractivity contribution in [1.29, 1.82) is 0 Å². The van der Waals surface area contributed by atoms with Crippen LogP contribution in [0.5, 0.6) is 0 Å². The quantitative estimate of drug-likeness (QED) is 0.208. The Morgan fingerprint density at radius 1 is 0.657 bits per heavy atom. The molecule has 8 nitrogen and oxygen atoms in total. The second kappa shape index (κ2) is 12.3. The molecular weight excluding hydrogens is 448 g/mol. The van der Waals surface area contributed by atoms with Gasteiger partial charge in [-0.05, 0) is 0 Å². The minimum Gasteiger partial charge on any atom is -0.466 e. The molecule has 0 unspecified atom stereocenters. The highest BCUT2D eigenvalue weighted by Crippen LogP contribution is 2.21. The Morgan fingerprint density at radius 2 is 1.09 bits per heavy atom. The summed E-state index contributed by atoms with van der Waals surface area (Å²) in [4.78, 5) is 32.3. The average molecular weight is 475 g/mol.